The van der Waals surface area contributed by atoms with Crippen molar-refractivity contribution in [2.75, 3.05) is 0 Å². The van der Waals surface area contributed by atoms with Gasteiger partial charge in [-0.2, -0.15) is 0 Å². The third-order valence-corrected chi connectivity index (χ3v) is 8.40. The lowest BCUT2D eigenvalue weighted by Crippen LogP contribution is -2.19. The summed E-state index contributed by atoms with van der Waals surface area (Å²) in [5, 5.41) is 34.2. The van der Waals surface area contributed by atoms with E-state index in [1.165, 1.54) is 13.8 Å². The fourth-order valence-corrected chi connectivity index (χ4v) is 5.98. The Bertz CT molecular complexity index is 1760. The van der Waals surface area contributed by atoms with E-state index in [0.29, 0.717) is 46.8 Å². The van der Waals surface area contributed by atoms with Crippen LogP contribution in [0.3, 0.4) is 0 Å². The Kier molecular flexibility index (Phi) is 9.59. The minimum Gasteiger partial charge on any atom is -0.481 e. The first kappa shape index (κ1) is 33.1. The van der Waals surface area contributed by atoms with Crippen molar-refractivity contribution >= 4 is 41.5 Å². The number of carbonyl (C=O) groups is 5. The lowest BCUT2D eigenvalue weighted by molar-refractivity contribution is -0.137. The van der Waals surface area contributed by atoms with Crippen LogP contribution >= 0.6 is 0 Å². The number of carboxylic acids is 1. The van der Waals surface area contributed by atoms with Crippen LogP contribution in [0.25, 0.3) is 12.2 Å². The number of aliphatic hydroxyl groups is 2. The van der Waals surface area contributed by atoms with Gasteiger partial charge in [0.2, 0.25) is 0 Å². The third-order valence-electron chi connectivity index (χ3n) is 8.40. The summed E-state index contributed by atoms with van der Waals surface area (Å²) in [6.45, 7) is 9.78. The fourth-order valence-electron chi connectivity index (χ4n) is 5.98. The van der Waals surface area contributed by atoms with Gasteiger partial charge in [0.1, 0.15) is 0 Å². The molecule has 2 aromatic heterocycles. The van der Waals surface area contributed by atoms with E-state index < -0.39 is 24.1 Å². The predicted octanol–water partition coefficient (Wildman–Crippen LogP) is 2.56. The van der Waals surface area contributed by atoms with Crippen molar-refractivity contribution in [1.29, 1.82) is 0 Å². The largest absolute Gasteiger partial charge is 0.481 e. The first-order valence-electron chi connectivity index (χ1n) is 14.6. The van der Waals surface area contributed by atoms with E-state index in [0.717, 1.165) is 33.6 Å². The van der Waals surface area contributed by atoms with Crippen molar-refractivity contribution in [2.45, 2.75) is 79.9 Å². The van der Waals surface area contributed by atoms with Gasteiger partial charge in [-0.05, 0) is 99.9 Å². The zero-order chi connectivity index (χ0) is 33.3. The Hall–Kier alpha value is -4.81. The molecule has 0 unspecified atom stereocenters. The van der Waals surface area contributed by atoms with Crippen LogP contribution in [-0.4, -0.2) is 60.9 Å². The van der Waals surface area contributed by atoms with Crippen LogP contribution < -0.4 is 10.6 Å². The number of H-pyrrole nitrogens is 2. The monoisotopic (exact) mass is 618 g/mol. The molecule has 2 aromatic rings. The number of allylic oxidation sites excluding steroid dienone is 2. The number of nitrogens with one attached hydrogen (secondary N) is 4. The zero-order valence-electron chi connectivity index (χ0n) is 26.2. The Morgan fingerprint density at radius 1 is 0.733 bits per heavy atom. The van der Waals surface area contributed by atoms with E-state index in [2.05, 4.69) is 20.6 Å². The van der Waals surface area contributed by atoms with Crippen LogP contribution in [0.4, 0.5) is 0 Å². The Morgan fingerprint density at radius 3 is 1.51 bits per heavy atom. The highest BCUT2D eigenvalue weighted by molar-refractivity contribution is 6.23. The van der Waals surface area contributed by atoms with Gasteiger partial charge in [0, 0.05) is 53.4 Å². The van der Waals surface area contributed by atoms with Crippen molar-refractivity contribution in [1.82, 2.24) is 20.6 Å². The van der Waals surface area contributed by atoms with Gasteiger partial charge < -0.3 is 35.9 Å². The van der Waals surface area contributed by atoms with Crippen LogP contribution in [-0.2, 0) is 43.2 Å². The van der Waals surface area contributed by atoms with Gasteiger partial charge >= 0.3 is 5.97 Å². The highest BCUT2D eigenvalue weighted by atomic mass is 16.5. The second-order valence-electron chi connectivity index (χ2n) is 11.5. The topological polar surface area (TPSA) is 202 Å². The van der Waals surface area contributed by atoms with Crippen molar-refractivity contribution in [2.24, 2.45) is 0 Å². The quantitative estimate of drug-likeness (QED) is 0.139. The molecule has 0 bridgehead atoms. The van der Waals surface area contributed by atoms with E-state index in [9.17, 15) is 39.3 Å². The summed E-state index contributed by atoms with van der Waals surface area (Å²) < 4.78 is 0. The number of aliphatic carboxylic acids is 1. The normalized spacial score (nSPS) is 16.9. The molecule has 0 saturated heterocycles. The zero-order valence-corrected chi connectivity index (χ0v) is 26.2. The highest BCUT2D eigenvalue weighted by Gasteiger charge is 2.29. The Labute approximate surface area is 260 Å². The fraction of sp³-hybridized carbons (Fsp3) is 0.364. The maximum absolute atomic E-state index is 12.4. The van der Waals surface area contributed by atoms with Gasteiger partial charge in [0.25, 0.3) is 11.8 Å². The van der Waals surface area contributed by atoms with Crippen LogP contribution in [0.15, 0.2) is 33.7 Å². The van der Waals surface area contributed by atoms with Gasteiger partial charge in [-0.15, -0.1) is 0 Å². The second-order valence-corrected chi connectivity index (χ2v) is 11.5. The van der Waals surface area contributed by atoms with E-state index in [1.807, 2.05) is 13.8 Å². The van der Waals surface area contributed by atoms with E-state index in [1.54, 1.807) is 26.0 Å². The molecule has 0 atom stereocenters. The maximum Gasteiger partial charge on any atom is 0.303 e. The van der Waals surface area contributed by atoms with Crippen LogP contribution in [0.2, 0.25) is 0 Å². The smallest absolute Gasteiger partial charge is 0.303 e. The average Bonchev–Trinajstić information content (AvgIpc) is 3.58. The molecule has 0 radical (unpaired) electrons. The van der Waals surface area contributed by atoms with Crippen molar-refractivity contribution in [3.8, 4) is 0 Å². The predicted molar refractivity (Wildman–Crippen MR) is 165 cm³/mol. The number of aromatic nitrogens is 2. The molecule has 12 heteroatoms. The van der Waals surface area contributed by atoms with Crippen molar-refractivity contribution < 1.29 is 39.3 Å². The number of hydrogen-bond acceptors (Lipinski definition) is 7. The summed E-state index contributed by atoms with van der Waals surface area (Å²) in [5.74, 6) is -2.57. The number of ketones is 2. The lowest BCUT2D eigenvalue weighted by Gasteiger charge is -2.09. The van der Waals surface area contributed by atoms with Crippen LogP contribution in [0, 0.1) is 13.8 Å². The van der Waals surface area contributed by atoms with Gasteiger partial charge in [0.05, 0.1) is 11.1 Å². The molecule has 0 saturated carbocycles. The molecule has 2 aliphatic rings. The van der Waals surface area contributed by atoms with E-state index in [-0.39, 0.29) is 42.0 Å². The lowest BCUT2D eigenvalue weighted by atomic mass is 9.98. The summed E-state index contributed by atoms with van der Waals surface area (Å²) in [4.78, 5) is 67.1. The highest BCUT2D eigenvalue weighted by Crippen LogP contribution is 2.31. The molecule has 45 heavy (non-hydrogen) atoms. The molecular weight excluding hydrogens is 580 g/mol. The third kappa shape index (κ3) is 6.81. The molecule has 4 rings (SSSR count). The van der Waals surface area contributed by atoms with Crippen LogP contribution in [0.1, 0.15) is 85.6 Å². The minimum atomic E-state index is -1.53. The number of Topliss-reactive ketones (excluding diaryl/α,β-unsaturated/α-hetero) is 2. The Balaban J connectivity index is 1.81. The summed E-state index contributed by atoms with van der Waals surface area (Å²) >= 11 is 0. The molecule has 7 N–H and O–H groups in total. The molecule has 4 heterocycles. The standard InChI is InChI=1S/C33H38N4O8/c1-14-20(7-9-28(40)41)26(34-22(14)11-24-16(3)30(18(5)38)32(44)36-24)13-27-21(8-10-29(42)43)15(2)23(35-27)12-25-17(4)31(19(6)39)33(45)37-25/h11-12,28,34-35,40-41H,7-10,13H2,1-6H3,(H,36,44)(H,37,45)(H,42,43)/b24-11-,25-12-. The number of aliphatic hydroxyl groups excluding tert-OH is 1. The molecule has 0 aromatic carbocycles. The molecule has 2 aliphatic heterocycles. The van der Waals surface area contributed by atoms with E-state index >= 15 is 0 Å². The number of rotatable bonds is 12. The Morgan fingerprint density at radius 2 is 1.16 bits per heavy atom. The minimum absolute atomic E-state index is 0.0720. The first-order chi connectivity index (χ1) is 21.1. The summed E-state index contributed by atoms with van der Waals surface area (Å²) in [6, 6.07) is 0. The maximum atomic E-state index is 12.4. The first-order valence-corrected chi connectivity index (χ1v) is 14.6. The van der Waals surface area contributed by atoms with Crippen molar-refractivity contribution in [3.63, 3.8) is 0 Å². The molecule has 12 nitrogen and oxygen atoms in total. The molecule has 0 aliphatic carbocycles. The number of carboxylic acid groups (broad SMARTS) is 1. The number of amides is 2. The molecular formula is C33H38N4O8. The van der Waals surface area contributed by atoms with Gasteiger partial charge in [0.15, 0.2) is 17.9 Å². The summed E-state index contributed by atoms with van der Waals surface area (Å²) in [6.07, 6.45) is 2.77. The summed E-state index contributed by atoms with van der Waals surface area (Å²) in [5.41, 5.74) is 8.21. The van der Waals surface area contributed by atoms with Crippen molar-refractivity contribution in [3.05, 3.63) is 78.7 Å². The molecule has 0 fully saturated rings. The molecule has 238 valence electrons. The number of hydrogen-bond donors (Lipinski definition) is 7. The number of aromatic amines is 2. The van der Waals surface area contributed by atoms with Gasteiger partial charge in [-0.1, -0.05) is 0 Å². The summed E-state index contributed by atoms with van der Waals surface area (Å²) in [7, 11) is 0. The van der Waals surface area contributed by atoms with Gasteiger partial charge in [-0.25, -0.2) is 0 Å². The van der Waals surface area contributed by atoms with Gasteiger partial charge in [-0.3, -0.25) is 24.0 Å². The SMILES string of the molecule is CC(=O)C1=C(C)/C(=C/c2[nH]c(Cc3[nH]c(/C=C4\NC(=O)C(C(C)=O)=C4C)c(C)c3CCC(O)O)c(CCC(=O)O)c2C)NC1=O. The molecule has 0 spiro atoms. The number of carbonyl (C=O) groups excluding carboxylic acids is 4. The van der Waals surface area contributed by atoms with E-state index in [4.69, 9.17) is 0 Å². The van der Waals surface area contributed by atoms with Crippen LogP contribution in [0.5, 0.6) is 0 Å². The second kappa shape index (κ2) is 13.0. The average molecular weight is 619 g/mol. The molecule has 2 amide bonds.